The van der Waals surface area contributed by atoms with Gasteiger partial charge in [-0.25, -0.2) is 8.42 Å². The summed E-state index contributed by atoms with van der Waals surface area (Å²) in [6.45, 7) is 1.34. The van der Waals surface area contributed by atoms with E-state index in [1.807, 2.05) is 15.7 Å². The minimum atomic E-state index is -3.52. The number of benzene rings is 1. The summed E-state index contributed by atoms with van der Waals surface area (Å²) < 4.78 is 26.7. The summed E-state index contributed by atoms with van der Waals surface area (Å²) >= 11 is 1.46. The number of nitrogens with zero attached hydrogens (tertiary/aromatic N) is 2. The van der Waals surface area contributed by atoms with Crippen LogP contribution in [-0.4, -0.2) is 54.9 Å². The zero-order valence-electron chi connectivity index (χ0n) is 12.9. The molecule has 1 aromatic heterocycles. The molecule has 1 atom stereocenters. The molecule has 1 fully saturated rings. The van der Waals surface area contributed by atoms with Gasteiger partial charge in [0.05, 0.1) is 4.90 Å². The Kier molecular flexibility index (Phi) is 5.00. The lowest BCUT2D eigenvalue weighted by Crippen LogP contribution is -2.50. The SMILES string of the molecule is O=C(O)C(c1ccsc1)N1CCN(S(=O)(=O)c2ccccc2)CC1. The van der Waals surface area contributed by atoms with Crippen molar-refractivity contribution >= 4 is 27.3 Å². The van der Waals surface area contributed by atoms with Crippen LogP contribution in [0.25, 0.3) is 0 Å². The van der Waals surface area contributed by atoms with Gasteiger partial charge in [-0.3, -0.25) is 9.69 Å². The highest BCUT2D eigenvalue weighted by molar-refractivity contribution is 7.89. The van der Waals surface area contributed by atoms with Crippen LogP contribution < -0.4 is 0 Å². The van der Waals surface area contributed by atoms with Gasteiger partial charge in [0, 0.05) is 26.2 Å². The molecule has 1 aromatic carbocycles. The molecule has 2 heterocycles. The Morgan fingerprint density at radius 2 is 1.75 bits per heavy atom. The van der Waals surface area contributed by atoms with Crippen molar-refractivity contribution in [3.8, 4) is 0 Å². The molecule has 0 aliphatic carbocycles. The van der Waals surface area contributed by atoms with Crippen LogP contribution in [-0.2, 0) is 14.8 Å². The number of hydrogen-bond acceptors (Lipinski definition) is 5. The summed E-state index contributed by atoms with van der Waals surface area (Å²) in [6, 6.07) is 9.39. The van der Waals surface area contributed by atoms with E-state index in [1.165, 1.54) is 15.6 Å². The van der Waals surface area contributed by atoms with Gasteiger partial charge in [0.2, 0.25) is 10.0 Å². The fourth-order valence-electron chi connectivity index (χ4n) is 2.88. The van der Waals surface area contributed by atoms with Crippen LogP contribution in [0.5, 0.6) is 0 Å². The first-order valence-electron chi connectivity index (χ1n) is 7.54. The molecule has 1 N–H and O–H groups in total. The topological polar surface area (TPSA) is 77.9 Å². The molecule has 3 rings (SSSR count). The number of thiophene rings is 1. The van der Waals surface area contributed by atoms with Crippen molar-refractivity contribution in [2.45, 2.75) is 10.9 Å². The summed E-state index contributed by atoms with van der Waals surface area (Å²) in [4.78, 5) is 13.7. The van der Waals surface area contributed by atoms with Gasteiger partial charge in [0.15, 0.2) is 0 Å². The lowest BCUT2D eigenvalue weighted by atomic mass is 10.1. The highest BCUT2D eigenvalue weighted by Crippen LogP contribution is 2.26. The molecule has 1 aliphatic rings. The minimum absolute atomic E-state index is 0.270. The number of sulfonamides is 1. The first-order chi connectivity index (χ1) is 11.5. The minimum Gasteiger partial charge on any atom is -0.480 e. The third-order valence-corrected chi connectivity index (χ3v) is 6.73. The molecule has 0 spiro atoms. The molecule has 24 heavy (non-hydrogen) atoms. The van der Waals surface area contributed by atoms with E-state index in [0.717, 1.165) is 5.56 Å². The van der Waals surface area contributed by atoms with E-state index in [-0.39, 0.29) is 18.0 Å². The molecule has 0 amide bonds. The van der Waals surface area contributed by atoms with Crippen LogP contribution in [0.2, 0.25) is 0 Å². The van der Waals surface area contributed by atoms with Crippen molar-refractivity contribution in [2.24, 2.45) is 0 Å². The Labute approximate surface area is 145 Å². The molecule has 0 radical (unpaired) electrons. The van der Waals surface area contributed by atoms with Crippen LogP contribution in [0.15, 0.2) is 52.1 Å². The van der Waals surface area contributed by atoms with Gasteiger partial charge >= 0.3 is 5.97 Å². The van der Waals surface area contributed by atoms with Crippen molar-refractivity contribution in [1.82, 2.24) is 9.21 Å². The smallest absolute Gasteiger partial charge is 0.325 e. The monoisotopic (exact) mass is 366 g/mol. The number of hydrogen-bond donors (Lipinski definition) is 1. The normalized spacial score (nSPS) is 18.3. The lowest BCUT2D eigenvalue weighted by Gasteiger charge is -2.36. The molecule has 0 saturated carbocycles. The third kappa shape index (κ3) is 3.36. The van der Waals surface area contributed by atoms with Crippen LogP contribution in [0, 0.1) is 0 Å². The predicted octanol–water partition coefficient (Wildman–Crippen LogP) is 1.88. The number of carboxylic acids is 1. The maximum Gasteiger partial charge on any atom is 0.325 e. The fourth-order valence-corrected chi connectivity index (χ4v) is 5.01. The van der Waals surface area contributed by atoms with E-state index in [2.05, 4.69) is 0 Å². The molecule has 8 heteroatoms. The second kappa shape index (κ2) is 7.02. The van der Waals surface area contributed by atoms with E-state index in [0.29, 0.717) is 13.1 Å². The summed E-state index contributed by atoms with van der Waals surface area (Å²) in [5, 5.41) is 13.2. The van der Waals surface area contributed by atoms with Crippen LogP contribution in [0.4, 0.5) is 0 Å². The van der Waals surface area contributed by atoms with Gasteiger partial charge in [-0.2, -0.15) is 15.6 Å². The summed E-state index contributed by atoms with van der Waals surface area (Å²) in [6.07, 6.45) is 0. The molecule has 2 aromatic rings. The van der Waals surface area contributed by atoms with E-state index >= 15 is 0 Å². The highest BCUT2D eigenvalue weighted by Gasteiger charge is 2.34. The molecular weight excluding hydrogens is 348 g/mol. The maximum atomic E-state index is 12.6. The summed E-state index contributed by atoms with van der Waals surface area (Å²) in [7, 11) is -3.52. The van der Waals surface area contributed by atoms with Crippen molar-refractivity contribution in [1.29, 1.82) is 0 Å². The van der Waals surface area contributed by atoms with Crippen molar-refractivity contribution < 1.29 is 18.3 Å². The standard InChI is InChI=1S/C16H18N2O4S2/c19-16(20)15(13-6-11-23-12-13)17-7-9-18(10-8-17)24(21,22)14-4-2-1-3-5-14/h1-6,11-12,15H,7-10H2,(H,19,20). The molecule has 1 unspecified atom stereocenters. The third-order valence-electron chi connectivity index (χ3n) is 4.11. The van der Waals surface area contributed by atoms with Crippen LogP contribution >= 0.6 is 11.3 Å². The Hall–Kier alpha value is -1.74. The van der Waals surface area contributed by atoms with E-state index in [1.54, 1.807) is 36.4 Å². The number of aliphatic carboxylic acids is 1. The average molecular weight is 366 g/mol. The maximum absolute atomic E-state index is 12.6. The summed E-state index contributed by atoms with van der Waals surface area (Å²) in [5.41, 5.74) is 0.742. The van der Waals surface area contributed by atoms with Gasteiger partial charge in [-0.15, -0.1) is 0 Å². The Morgan fingerprint density at radius 1 is 1.08 bits per heavy atom. The quantitative estimate of drug-likeness (QED) is 0.874. The molecule has 128 valence electrons. The zero-order chi connectivity index (χ0) is 17.2. The van der Waals surface area contributed by atoms with Crippen LogP contribution in [0.1, 0.15) is 11.6 Å². The second-order valence-electron chi connectivity index (χ2n) is 5.55. The predicted molar refractivity (Wildman–Crippen MR) is 91.5 cm³/mol. The van der Waals surface area contributed by atoms with E-state index in [4.69, 9.17) is 0 Å². The molecule has 1 saturated heterocycles. The average Bonchev–Trinajstić information content (AvgIpc) is 3.10. The van der Waals surface area contributed by atoms with E-state index < -0.39 is 22.0 Å². The second-order valence-corrected chi connectivity index (χ2v) is 8.27. The van der Waals surface area contributed by atoms with Gasteiger partial charge in [-0.1, -0.05) is 18.2 Å². The largest absolute Gasteiger partial charge is 0.480 e. The summed E-state index contributed by atoms with van der Waals surface area (Å²) in [5.74, 6) is -0.909. The zero-order valence-corrected chi connectivity index (χ0v) is 14.5. The molecule has 1 aliphatic heterocycles. The fraction of sp³-hybridized carbons (Fsp3) is 0.312. The first-order valence-corrected chi connectivity index (χ1v) is 9.92. The first kappa shape index (κ1) is 17.1. The van der Waals surface area contributed by atoms with Gasteiger partial charge in [0.1, 0.15) is 6.04 Å². The Bertz CT molecular complexity index is 783. The van der Waals surface area contributed by atoms with Crippen molar-refractivity contribution in [2.75, 3.05) is 26.2 Å². The van der Waals surface area contributed by atoms with E-state index in [9.17, 15) is 18.3 Å². The van der Waals surface area contributed by atoms with Crippen molar-refractivity contribution in [3.63, 3.8) is 0 Å². The van der Waals surface area contributed by atoms with Gasteiger partial charge < -0.3 is 5.11 Å². The van der Waals surface area contributed by atoms with Gasteiger partial charge in [-0.05, 0) is 34.5 Å². The molecule has 0 bridgehead atoms. The number of carboxylic acid groups (broad SMARTS) is 1. The van der Waals surface area contributed by atoms with Crippen LogP contribution in [0.3, 0.4) is 0 Å². The number of piperazine rings is 1. The molecule has 6 nitrogen and oxygen atoms in total. The molecular formula is C16H18N2O4S2. The Balaban J connectivity index is 1.73. The van der Waals surface area contributed by atoms with Gasteiger partial charge in [0.25, 0.3) is 0 Å². The van der Waals surface area contributed by atoms with Crippen molar-refractivity contribution in [3.05, 3.63) is 52.7 Å². The number of rotatable bonds is 5. The Morgan fingerprint density at radius 3 is 2.29 bits per heavy atom. The number of carbonyl (C=O) groups is 1. The highest BCUT2D eigenvalue weighted by atomic mass is 32.2. The lowest BCUT2D eigenvalue weighted by molar-refractivity contribution is -0.144.